The zero-order chi connectivity index (χ0) is 24.8. The van der Waals surface area contributed by atoms with Crippen LogP contribution < -0.4 is 15.0 Å². The van der Waals surface area contributed by atoms with Crippen molar-refractivity contribution in [2.24, 2.45) is 5.10 Å². The molecule has 0 fully saturated rings. The van der Waals surface area contributed by atoms with Gasteiger partial charge in [-0.1, -0.05) is 22.9 Å². The molecular weight excluding hydrogens is 570 g/mol. The molecule has 0 saturated heterocycles. The van der Waals surface area contributed by atoms with Crippen LogP contribution >= 0.6 is 31.9 Å². The van der Waals surface area contributed by atoms with E-state index in [1.165, 1.54) is 11.8 Å². The molecule has 0 spiro atoms. The smallest absolute Gasteiger partial charge is 0.347 e. The SMILES string of the molecule is CCCc1nc2ccc(Br)cc2c(=O)n1N=Cc1cc(Br)c(O[C@@H](C)C(=O)OCC)c(OC)c1. The monoisotopic (exact) mass is 593 g/mol. The van der Waals surface area contributed by atoms with Gasteiger partial charge in [0.15, 0.2) is 17.6 Å². The summed E-state index contributed by atoms with van der Waals surface area (Å²) >= 11 is 6.88. The van der Waals surface area contributed by atoms with E-state index in [-0.39, 0.29) is 12.2 Å². The van der Waals surface area contributed by atoms with Crippen molar-refractivity contribution in [2.45, 2.75) is 39.7 Å². The second-order valence-electron chi connectivity index (χ2n) is 7.35. The summed E-state index contributed by atoms with van der Waals surface area (Å²) in [5.74, 6) is 0.864. The van der Waals surface area contributed by atoms with Crippen LogP contribution in [-0.2, 0) is 16.0 Å². The van der Waals surface area contributed by atoms with E-state index in [4.69, 9.17) is 14.2 Å². The molecular formula is C24H25Br2N3O5. The van der Waals surface area contributed by atoms with Gasteiger partial charge < -0.3 is 14.2 Å². The molecule has 3 rings (SSSR count). The van der Waals surface area contributed by atoms with E-state index in [0.717, 1.165) is 10.9 Å². The fourth-order valence-electron chi connectivity index (χ4n) is 3.24. The van der Waals surface area contributed by atoms with Crippen LogP contribution in [0.25, 0.3) is 10.9 Å². The van der Waals surface area contributed by atoms with Crippen molar-refractivity contribution in [1.29, 1.82) is 0 Å². The fourth-order valence-corrected chi connectivity index (χ4v) is 4.15. The molecule has 2 aromatic carbocycles. The number of carbonyl (C=O) groups excluding carboxylic acids is 1. The summed E-state index contributed by atoms with van der Waals surface area (Å²) < 4.78 is 18.9. The van der Waals surface area contributed by atoms with Crippen LogP contribution in [0.15, 0.2) is 49.2 Å². The van der Waals surface area contributed by atoms with E-state index in [9.17, 15) is 9.59 Å². The van der Waals surface area contributed by atoms with Crippen molar-refractivity contribution >= 4 is 54.9 Å². The first-order chi connectivity index (χ1) is 16.3. The van der Waals surface area contributed by atoms with E-state index in [1.807, 2.05) is 19.1 Å². The van der Waals surface area contributed by atoms with Gasteiger partial charge in [0.25, 0.3) is 5.56 Å². The number of halogens is 2. The first kappa shape index (κ1) is 25.9. The van der Waals surface area contributed by atoms with Crippen molar-refractivity contribution in [3.8, 4) is 11.5 Å². The molecule has 1 atom stereocenters. The molecule has 1 heterocycles. The molecule has 1 aromatic heterocycles. The highest BCUT2D eigenvalue weighted by Crippen LogP contribution is 2.37. The number of hydrogen-bond donors (Lipinski definition) is 0. The molecule has 0 aliphatic rings. The molecule has 10 heteroatoms. The summed E-state index contributed by atoms with van der Waals surface area (Å²) in [6.07, 6.45) is 2.15. The topological polar surface area (TPSA) is 92.0 Å². The Morgan fingerprint density at radius 3 is 2.68 bits per heavy atom. The molecule has 180 valence electrons. The molecule has 0 aliphatic carbocycles. The number of benzene rings is 2. The number of rotatable bonds is 9. The lowest BCUT2D eigenvalue weighted by Gasteiger charge is -2.17. The summed E-state index contributed by atoms with van der Waals surface area (Å²) in [4.78, 5) is 29.8. The molecule has 8 nitrogen and oxygen atoms in total. The number of fused-ring (bicyclic) bond motifs is 1. The van der Waals surface area contributed by atoms with Gasteiger partial charge in [-0.15, -0.1) is 0 Å². The zero-order valence-corrected chi connectivity index (χ0v) is 22.5. The van der Waals surface area contributed by atoms with Crippen molar-refractivity contribution in [3.63, 3.8) is 0 Å². The average molecular weight is 595 g/mol. The Labute approximate surface area is 214 Å². The fraction of sp³-hybridized carbons (Fsp3) is 0.333. The molecule has 34 heavy (non-hydrogen) atoms. The zero-order valence-electron chi connectivity index (χ0n) is 19.3. The summed E-state index contributed by atoms with van der Waals surface area (Å²) in [5.41, 5.74) is 1.04. The quantitative estimate of drug-likeness (QED) is 0.253. The predicted octanol–water partition coefficient (Wildman–Crippen LogP) is 5.10. The minimum atomic E-state index is -0.817. The maximum Gasteiger partial charge on any atom is 0.347 e. The Hall–Kier alpha value is -2.72. The third-order valence-electron chi connectivity index (χ3n) is 4.84. The van der Waals surface area contributed by atoms with Crippen molar-refractivity contribution in [1.82, 2.24) is 9.66 Å². The van der Waals surface area contributed by atoms with Gasteiger partial charge in [-0.25, -0.2) is 9.78 Å². The Kier molecular flexibility index (Phi) is 8.84. The van der Waals surface area contributed by atoms with E-state index in [1.54, 1.807) is 38.3 Å². The van der Waals surface area contributed by atoms with Gasteiger partial charge in [0.1, 0.15) is 5.82 Å². The Bertz CT molecular complexity index is 1290. The maximum atomic E-state index is 13.2. The average Bonchev–Trinajstić information content (AvgIpc) is 2.81. The molecule has 0 aliphatic heterocycles. The molecule has 0 amide bonds. The van der Waals surface area contributed by atoms with Crippen LogP contribution in [0.3, 0.4) is 0 Å². The van der Waals surface area contributed by atoms with E-state index in [2.05, 4.69) is 41.9 Å². The summed E-state index contributed by atoms with van der Waals surface area (Å²) in [6, 6.07) is 8.87. The molecule has 0 N–H and O–H groups in total. The van der Waals surface area contributed by atoms with Gasteiger partial charge in [0, 0.05) is 10.9 Å². The maximum absolute atomic E-state index is 13.2. The highest BCUT2D eigenvalue weighted by molar-refractivity contribution is 9.10. The lowest BCUT2D eigenvalue weighted by atomic mass is 10.2. The Balaban J connectivity index is 2.00. The normalized spacial score (nSPS) is 12.2. The number of ether oxygens (including phenoxy) is 3. The molecule has 0 bridgehead atoms. The van der Waals surface area contributed by atoms with Crippen molar-refractivity contribution in [2.75, 3.05) is 13.7 Å². The minimum Gasteiger partial charge on any atom is -0.493 e. The highest BCUT2D eigenvalue weighted by atomic mass is 79.9. The standard InChI is InChI=1S/C24H25Br2N3O5/c1-5-7-21-28-19-9-8-16(25)12-17(19)23(30)29(21)27-13-15-10-18(26)22(20(11-15)32-4)34-14(3)24(31)33-6-2/h8-14H,5-7H2,1-4H3/t14-/m0/s1. The third kappa shape index (κ3) is 5.85. The number of aromatic nitrogens is 2. The number of methoxy groups -OCH3 is 1. The Morgan fingerprint density at radius 2 is 2.00 bits per heavy atom. The number of carbonyl (C=O) groups is 1. The lowest BCUT2D eigenvalue weighted by molar-refractivity contribution is -0.150. The number of nitrogens with zero attached hydrogens (tertiary/aromatic N) is 3. The lowest BCUT2D eigenvalue weighted by Crippen LogP contribution is -2.26. The minimum absolute atomic E-state index is 0.250. The molecule has 0 unspecified atom stereocenters. The van der Waals surface area contributed by atoms with Gasteiger partial charge in [-0.2, -0.15) is 9.78 Å². The largest absolute Gasteiger partial charge is 0.493 e. The van der Waals surface area contributed by atoms with Crippen LogP contribution in [0.1, 0.15) is 38.6 Å². The van der Waals surface area contributed by atoms with Gasteiger partial charge in [0.05, 0.1) is 35.3 Å². The summed E-state index contributed by atoms with van der Waals surface area (Å²) in [6.45, 7) is 5.62. The highest BCUT2D eigenvalue weighted by Gasteiger charge is 2.20. The summed E-state index contributed by atoms with van der Waals surface area (Å²) in [7, 11) is 1.50. The number of esters is 1. The van der Waals surface area contributed by atoms with Gasteiger partial charge >= 0.3 is 5.97 Å². The van der Waals surface area contributed by atoms with Gasteiger partial charge in [-0.3, -0.25) is 4.79 Å². The summed E-state index contributed by atoms with van der Waals surface area (Å²) in [5, 5.41) is 4.92. The van der Waals surface area contributed by atoms with Gasteiger partial charge in [-0.05, 0) is 72.1 Å². The van der Waals surface area contributed by atoms with Crippen LogP contribution in [0.4, 0.5) is 0 Å². The third-order valence-corrected chi connectivity index (χ3v) is 5.92. The van der Waals surface area contributed by atoms with Crippen LogP contribution in [0, 0.1) is 0 Å². The number of hydrogen-bond acceptors (Lipinski definition) is 7. The van der Waals surface area contributed by atoms with Gasteiger partial charge in [0.2, 0.25) is 0 Å². The van der Waals surface area contributed by atoms with E-state index < -0.39 is 12.1 Å². The van der Waals surface area contributed by atoms with Crippen molar-refractivity contribution in [3.05, 3.63) is 61.0 Å². The van der Waals surface area contributed by atoms with E-state index >= 15 is 0 Å². The second kappa shape index (κ2) is 11.6. The number of aryl methyl sites for hydroxylation is 1. The first-order valence-electron chi connectivity index (χ1n) is 10.7. The van der Waals surface area contributed by atoms with Crippen LogP contribution in [0.5, 0.6) is 11.5 Å². The van der Waals surface area contributed by atoms with Crippen molar-refractivity contribution < 1.29 is 19.0 Å². The second-order valence-corrected chi connectivity index (χ2v) is 9.12. The Morgan fingerprint density at radius 1 is 1.24 bits per heavy atom. The van der Waals surface area contributed by atoms with Crippen LogP contribution in [-0.4, -0.2) is 41.7 Å². The van der Waals surface area contributed by atoms with E-state index in [0.29, 0.717) is 44.7 Å². The molecule has 0 radical (unpaired) electrons. The van der Waals surface area contributed by atoms with Crippen LogP contribution in [0.2, 0.25) is 0 Å². The molecule has 3 aromatic rings. The first-order valence-corrected chi connectivity index (χ1v) is 12.3. The molecule has 0 saturated carbocycles. The predicted molar refractivity (Wildman–Crippen MR) is 138 cm³/mol.